The number of thiazole rings is 1. The number of nitrogens with zero attached hydrogens (tertiary/aromatic N) is 1. The van der Waals surface area contributed by atoms with Gasteiger partial charge in [-0.2, -0.15) is 0 Å². The summed E-state index contributed by atoms with van der Waals surface area (Å²) in [4.78, 5) is 18.1. The summed E-state index contributed by atoms with van der Waals surface area (Å²) in [5, 5.41) is 6.25. The van der Waals surface area contributed by atoms with Crippen molar-refractivity contribution < 1.29 is 4.79 Å². The lowest BCUT2D eigenvalue weighted by molar-refractivity contribution is -0.122. The van der Waals surface area contributed by atoms with Gasteiger partial charge in [0.05, 0.1) is 21.3 Å². The van der Waals surface area contributed by atoms with Crippen LogP contribution in [0.3, 0.4) is 0 Å². The average molecular weight is 345 g/mol. The molecular formula is C18H20N2OS2. The quantitative estimate of drug-likeness (QED) is 0.697. The van der Waals surface area contributed by atoms with E-state index >= 15 is 0 Å². The Morgan fingerprint density at radius 3 is 2.74 bits per heavy atom. The third-order valence-corrected chi connectivity index (χ3v) is 5.79. The number of aromatic nitrogens is 1. The normalized spacial score (nSPS) is 12.7. The van der Waals surface area contributed by atoms with Crippen molar-refractivity contribution in [2.24, 2.45) is 5.92 Å². The van der Waals surface area contributed by atoms with E-state index in [4.69, 9.17) is 0 Å². The highest BCUT2D eigenvalue weighted by Gasteiger charge is 2.19. The molecule has 0 aliphatic carbocycles. The second-order valence-electron chi connectivity index (χ2n) is 5.88. The molecule has 0 aliphatic rings. The third kappa shape index (κ3) is 3.98. The van der Waals surface area contributed by atoms with E-state index in [1.54, 1.807) is 22.7 Å². The fourth-order valence-electron chi connectivity index (χ4n) is 2.53. The van der Waals surface area contributed by atoms with Crippen LogP contribution in [0.5, 0.6) is 0 Å². The lowest BCUT2D eigenvalue weighted by Gasteiger charge is -2.21. The van der Waals surface area contributed by atoms with Gasteiger partial charge < -0.3 is 5.32 Å². The molecule has 5 heteroatoms. The molecule has 0 radical (unpaired) electrons. The van der Waals surface area contributed by atoms with Crippen molar-refractivity contribution in [2.45, 2.75) is 32.7 Å². The summed E-state index contributed by atoms with van der Waals surface area (Å²) in [6.07, 6.45) is 1.18. The lowest BCUT2D eigenvalue weighted by Crippen LogP contribution is -2.31. The number of hydrogen-bond acceptors (Lipinski definition) is 4. The first kappa shape index (κ1) is 16.1. The van der Waals surface area contributed by atoms with E-state index in [0.29, 0.717) is 18.8 Å². The number of carbonyl (C=O) groups is 1. The third-order valence-electron chi connectivity index (χ3n) is 3.74. The van der Waals surface area contributed by atoms with E-state index in [1.807, 2.05) is 24.3 Å². The molecule has 1 amide bonds. The molecule has 3 aromatic rings. The summed E-state index contributed by atoms with van der Waals surface area (Å²) in [5.41, 5.74) is 1.02. The van der Waals surface area contributed by atoms with Crippen LogP contribution in [-0.2, 0) is 11.2 Å². The van der Waals surface area contributed by atoms with Crippen LogP contribution in [-0.4, -0.2) is 10.9 Å². The van der Waals surface area contributed by atoms with E-state index in [-0.39, 0.29) is 11.9 Å². The Morgan fingerprint density at radius 1 is 1.22 bits per heavy atom. The zero-order chi connectivity index (χ0) is 16.2. The number of para-hydroxylation sites is 1. The van der Waals surface area contributed by atoms with Crippen molar-refractivity contribution in [1.82, 2.24) is 10.3 Å². The van der Waals surface area contributed by atoms with Gasteiger partial charge in [0.2, 0.25) is 5.91 Å². The predicted octanol–water partition coefficient (Wildman–Crippen LogP) is 4.80. The average Bonchev–Trinajstić information content (AvgIpc) is 3.19. The molecule has 0 saturated carbocycles. The number of rotatable bonds is 6. The van der Waals surface area contributed by atoms with Crippen LogP contribution in [0.15, 0.2) is 41.8 Å². The van der Waals surface area contributed by atoms with Crippen molar-refractivity contribution in [2.75, 3.05) is 0 Å². The number of fused-ring (bicyclic) bond motifs is 1. The van der Waals surface area contributed by atoms with Crippen LogP contribution in [0.4, 0.5) is 0 Å². The molecule has 23 heavy (non-hydrogen) atoms. The van der Waals surface area contributed by atoms with Crippen molar-refractivity contribution >= 4 is 38.8 Å². The minimum atomic E-state index is 0.0938. The maximum absolute atomic E-state index is 12.3. The van der Waals surface area contributed by atoms with Gasteiger partial charge in [-0.15, -0.1) is 22.7 Å². The SMILES string of the molecule is CC(C)[C@@H](NC(=O)CCc1nc2ccccc2s1)c1cccs1. The van der Waals surface area contributed by atoms with Crippen LogP contribution >= 0.6 is 22.7 Å². The van der Waals surface area contributed by atoms with Crippen LogP contribution < -0.4 is 5.32 Å². The minimum absolute atomic E-state index is 0.0938. The van der Waals surface area contributed by atoms with Gasteiger partial charge in [-0.1, -0.05) is 32.0 Å². The molecule has 0 unspecified atom stereocenters. The number of thiophene rings is 1. The van der Waals surface area contributed by atoms with Crippen molar-refractivity contribution in [1.29, 1.82) is 0 Å². The Bertz CT molecular complexity index is 744. The molecule has 2 aromatic heterocycles. The highest BCUT2D eigenvalue weighted by molar-refractivity contribution is 7.18. The molecule has 120 valence electrons. The lowest BCUT2D eigenvalue weighted by atomic mass is 10.0. The van der Waals surface area contributed by atoms with E-state index in [0.717, 1.165) is 10.5 Å². The molecule has 3 rings (SSSR count). The highest BCUT2D eigenvalue weighted by atomic mass is 32.1. The molecule has 0 aliphatic heterocycles. The topological polar surface area (TPSA) is 42.0 Å². The van der Waals surface area contributed by atoms with Gasteiger partial charge in [-0.3, -0.25) is 4.79 Å². The Kier molecular flexibility index (Phi) is 5.08. The van der Waals surface area contributed by atoms with Crippen molar-refractivity contribution in [3.05, 3.63) is 51.7 Å². The molecule has 0 bridgehead atoms. The number of aryl methyl sites for hydroxylation is 1. The fourth-order valence-corrected chi connectivity index (χ4v) is 4.44. The molecule has 3 nitrogen and oxygen atoms in total. The number of amides is 1. The van der Waals surface area contributed by atoms with Gasteiger partial charge in [0, 0.05) is 17.7 Å². The van der Waals surface area contributed by atoms with Gasteiger partial charge in [-0.05, 0) is 29.5 Å². The van der Waals surface area contributed by atoms with E-state index in [1.165, 1.54) is 9.58 Å². The predicted molar refractivity (Wildman–Crippen MR) is 98.0 cm³/mol. The Morgan fingerprint density at radius 2 is 2.04 bits per heavy atom. The van der Waals surface area contributed by atoms with Crippen LogP contribution in [0.25, 0.3) is 10.2 Å². The van der Waals surface area contributed by atoms with Gasteiger partial charge in [0.1, 0.15) is 0 Å². The Balaban J connectivity index is 1.60. The molecule has 1 aromatic carbocycles. The molecule has 1 N–H and O–H groups in total. The number of benzene rings is 1. The first-order valence-corrected chi connectivity index (χ1v) is 9.50. The Labute approximate surface area is 144 Å². The zero-order valence-corrected chi connectivity index (χ0v) is 14.9. The summed E-state index contributed by atoms with van der Waals surface area (Å²) >= 11 is 3.37. The monoisotopic (exact) mass is 344 g/mol. The first-order chi connectivity index (χ1) is 11.1. The van der Waals surface area contributed by atoms with Crippen LogP contribution in [0.2, 0.25) is 0 Å². The van der Waals surface area contributed by atoms with Gasteiger partial charge in [-0.25, -0.2) is 4.98 Å². The van der Waals surface area contributed by atoms with Crippen molar-refractivity contribution in [3.8, 4) is 0 Å². The molecule has 0 fully saturated rings. The number of hydrogen-bond donors (Lipinski definition) is 1. The standard InChI is InChI=1S/C18H20N2OS2/c1-12(2)18(15-8-5-11-22-15)20-16(21)9-10-17-19-13-6-3-4-7-14(13)23-17/h3-8,11-12,18H,9-10H2,1-2H3,(H,20,21)/t18-/m1/s1. The van der Waals surface area contributed by atoms with Gasteiger partial charge in [0.25, 0.3) is 0 Å². The summed E-state index contributed by atoms with van der Waals surface area (Å²) in [5.74, 6) is 0.469. The maximum atomic E-state index is 12.3. The summed E-state index contributed by atoms with van der Waals surface area (Å²) in [6, 6.07) is 12.3. The second-order valence-corrected chi connectivity index (χ2v) is 7.97. The van der Waals surface area contributed by atoms with Crippen LogP contribution in [0.1, 0.15) is 36.2 Å². The number of nitrogens with one attached hydrogen (secondary N) is 1. The highest BCUT2D eigenvalue weighted by Crippen LogP contribution is 2.26. The summed E-state index contributed by atoms with van der Waals surface area (Å²) in [6.45, 7) is 4.27. The number of carbonyl (C=O) groups excluding carboxylic acids is 1. The molecular weight excluding hydrogens is 324 g/mol. The first-order valence-electron chi connectivity index (χ1n) is 7.80. The van der Waals surface area contributed by atoms with Crippen LogP contribution in [0, 0.1) is 5.92 Å². The van der Waals surface area contributed by atoms with E-state index < -0.39 is 0 Å². The molecule has 2 heterocycles. The zero-order valence-electron chi connectivity index (χ0n) is 13.3. The maximum Gasteiger partial charge on any atom is 0.220 e. The Hall–Kier alpha value is -1.72. The second kappa shape index (κ2) is 7.23. The largest absolute Gasteiger partial charge is 0.348 e. The van der Waals surface area contributed by atoms with Crippen molar-refractivity contribution in [3.63, 3.8) is 0 Å². The molecule has 0 spiro atoms. The molecule has 1 atom stereocenters. The molecule has 0 saturated heterocycles. The van der Waals surface area contributed by atoms with Gasteiger partial charge >= 0.3 is 0 Å². The minimum Gasteiger partial charge on any atom is -0.348 e. The van der Waals surface area contributed by atoms with E-state index in [2.05, 4.69) is 41.7 Å². The van der Waals surface area contributed by atoms with Gasteiger partial charge in [0.15, 0.2) is 0 Å². The smallest absolute Gasteiger partial charge is 0.220 e. The summed E-state index contributed by atoms with van der Waals surface area (Å²) in [7, 11) is 0. The van der Waals surface area contributed by atoms with E-state index in [9.17, 15) is 4.79 Å². The summed E-state index contributed by atoms with van der Waals surface area (Å²) < 4.78 is 1.18. The fraction of sp³-hybridized carbons (Fsp3) is 0.333.